The van der Waals surface area contributed by atoms with E-state index < -0.39 is 0 Å². The summed E-state index contributed by atoms with van der Waals surface area (Å²) in [5.41, 5.74) is 3.34. The number of nitrogens with zero attached hydrogens (tertiary/aromatic N) is 5. The molecular weight excluding hydrogens is 655 g/mol. The van der Waals surface area contributed by atoms with Crippen molar-refractivity contribution in [1.29, 1.82) is 16.2 Å². The lowest BCUT2D eigenvalue weighted by Gasteiger charge is -2.41. The minimum atomic E-state index is -0.373. The molecule has 3 aliphatic rings. The van der Waals surface area contributed by atoms with E-state index in [0.717, 1.165) is 62.3 Å². The van der Waals surface area contributed by atoms with Crippen LogP contribution in [-0.4, -0.2) is 73.6 Å². The second-order valence-electron chi connectivity index (χ2n) is 14.8. The summed E-state index contributed by atoms with van der Waals surface area (Å²) in [6, 6.07) is 11.3. The number of ether oxygens (including phenoxy) is 1. The number of rotatable bonds is 11. The Bertz CT molecular complexity index is 1810. The van der Waals surface area contributed by atoms with Crippen LogP contribution in [-0.2, 0) is 6.54 Å². The minimum absolute atomic E-state index is 0.0127. The third-order valence-corrected chi connectivity index (χ3v) is 10.5. The number of benzene rings is 1. The summed E-state index contributed by atoms with van der Waals surface area (Å²) in [5, 5.41) is 40.0. The predicted octanol–water partition coefficient (Wildman–Crippen LogP) is 6.19. The summed E-state index contributed by atoms with van der Waals surface area (Å²) in [6.45, 7) is 12.2. The highest BCUT2D eigenvalue weighted by Crippen LogP contribution is 2.38. The highest BCUT2D eigenvalue weighted by molar-refractivity contribution is 5.95. The van der Waals surface area contributed by atoms with E-state index in [0.29, 0.717) is 36.1 Å². The van der Waals surface area contributed by atoms with Gasteiger partial charge < -0.3 is 30.6 Å². The summed E-state index contributed by atoms with van der Waals surface area (Å²) >= 11 is 0. The number of piperidine rings is 1. The number of allylic oxidation sites excluding steroid dienone is 1. The maximum atomic E-state index is 13.5. The second-order valence-corrected chi connectivity index (χ2v) is 14.8. The summed E-state index contributed by atoms with van der Waals surface area (Å²) in [6.07, 6.45) is 13.9. The molecule has 0 spiro atoms. The van der Waals surface area contributed by atoms with E-state index in [1.54, 1.807) is 35.2 Å². The summed E-state index contributed by atoms with van der Waals surface area (Å²) in [5.74, 6) is 1.29. The molecule has 0 saturated carbocycles. The predicted molar refractivity (Wildman–Crippen MR) is 204 cm³/mol. The molecule has 52 heavy (non-hydrogen) atoms. The van der Waals surface area contributed by atoms with Gasteiger partial charge >= 0.3 is 6.03 Å². The van der Waals surface area contributed by atoms with Crippen LogP contribution in [0.4, 0.5) is 10.5 Å². The number of aromatic nitrogens is 3. The summed E-state index contributed by atoms with van der Waals surface area (Å²) in [4.78, 5) is 18.1. The van der Waals surface area contributed by atoms with E-state index >= 15 is 0 Å². The lowest BCUT2D eigenvalue weighted by atomic mass is 9.85. The second kappa shape index (κ2) is 16.6. The Hall–Kier alpha value is -4.91. The molecule has 2 fully saturated rings. The third-order valence-electron chi connectivity index (χ3n) is 10.5. The molecule has 6 rings (SSSR count). The molecule has 1 aromatic carbocycles. The summed E-state index contributed by atoms with van der Waals surface area (Å²) in [7, 11) is 0. The molecule has 278 valence electrons. The number of hydrogen-bond donors (Lipinski definition) is 6. The average molecular weight is 710 g/mol. The van der Waals surface area contributed by atoms with Gasteiger partial charge in [0, 0.05) is 30.5 Å². The lowest BCUT2D eigenvalue weighted by molar-refractivity contribution is 0.169. The Kier molecular flexibility index (Phi) is 11.8. The fourth-order valence-electron chi connectivity index (χ4n) is 7.57. The van der Waals surface area contributed by atoms with Gasteiger partial charge in [-0.05, 0) is 107 Å². The molecule has 0 bridgehead atoms. The quantitative estimate of drug-likeness (QED) is 0.103. The molecule has 13 heteroatoms. The molecule has 13 nitrogen and oxygen atoms in total. The van der Waals surface area contributed by atoms with Gasteiger partial charge in [-0.1, -0.05) is 38.1 Å². The lowest BCUT2D eigenvalue weighted by Crippen LogP contribution is -2.51. The SMILES string of the molecule is CC(C)C(=N)/C=C(/NC(=O)NC1CCC(Oc2ccc(=N)n(C(=N)N3C(C)CCCC3C)c2)c2ccccc21)Nc1cnn(CCN2CCCC2)c1. The molecule has 4 heterocycles. The summed E-state index contributed by atoms with van der Waals surface area (Å²) < 4.78 is 10.1. The van der Waals surface area contributed by atoms with Gasteiger partial charge in [0.25, 0.3) is 0 Å². The molecule has 2 saturated heterocycles. The van der Waals surface area contributed by atoms with Crippen molar-refractivity contribution in [2.24, 2.45) is 5.92 Å². The number of hydrogen-bond acceptors (Lipinski definition) is 8. The Morgan fingerprint density at radius 2 is 1.69 bits per heavy atom. The van der Waals surface area contributed by atoms with Gasteiger partial charge in [0.1, 0.15) is 23.2 Å². The Labute approximate surface area is 306 Å². The van der Waals surface area contributed by atoms with Gasteiger partial charge in [-0.2, -0.15) is 5.10 Å². The van der Waals surface area contributed by atoms with Gasteiger partial charge in [-0.3, -0.25) is 25.4 Å². The van der Waals surface area contributed by atoms with Crippen LogP contribution in [0.2, 0.25) is 0 Å². The first-order valence-corrected chi connectivity index (χ1v) is 18.8. The van der Waals surface area contributed by atoms with E-state index in [2.05, 4.69) is 44.7 Å². The number of carbonyl (C=O) groups is 1. The van der Waals surface area contributed by atoms with Crippen LogP contribution >= 0.6 is 0 Å². The number of pyridine rings is 1. The standard InChI is InChI=1S/C39H55N11O2/c1-26(2)33(40)22-37(44-29-23-43-48(24-29)21-20-47-18-7-8-19-47)46-39(51)45-34-15-16-35(32-13-6-5-12-31(32)34)52-30-14-17-36(41)49(25-30)38(42)50-27(3)10-9-11-28(50)4/h5-6,12-14,17,22-28,34-35,40-42,44H,7-11,15-16,18-21H2,1-4H3,(H2,45,46,51)/b37-22+,40-33?,41-36?,42-38?. The third kappa shape index (κ3) is 8.93. The van der Waals surface area contributed by atoms with Crippen molar-refractivity contribution in [2.75, 3.05) is 25.0 Å². The zero-order valence-electron chi connectivity index (χ0n) is 31.0. The number of anilines is 1. The fourth-order valence-corrected chi connectivity index (χ4v) is 7.57. The zero-order valence-corrected chi connectivity index (χ0v) is 31.0. The smallest absolute Gasteiger partial charge is 0.320 e. The van der Waals surface area contributed by atoms with Gasteiger partial charge in [0.2, 0.25) is 5.96 Å². The molecular formula is C39H55N11O2. The van der Waals surface area contributed by atoms with Gasteiger partial charge in [0.05, 0.1) is 30.7 Å². The van der Waals surface area contributed by atoms with Crippen LogP contribution in [0.15, 0.2) is 66.9 Å². The number of nitrogens with one attached hydrogen (secondary N) is 6. The van der Waals surface area contributed by atoms with E-state index in [1.165, 1.54) is 12.8 Å². The maximum Gasteiger partial charge on any atom is 0.320 e. The van der Waals surface area contributed by atoms with Gasteiger partial charge in [-0.25, -0.2) is 4.79 Å². The van der Waals surface area contributed by atoms with Crippen molar-refractivity contribution >= 4 is 23.4 Å². The van der Waals surface area contributed by atoms with Crippen molar-refractivity contribution in [3.8, 4) is 5.75 Å². The first-order valence-electron chi connectivity index (χ1n) is 18.8. The van der Waals surface area contributed by atoms with E-state index in [1.807, 2.05) is 49.0 Å². The molecule has 2 aliphatic heterocycles. The van der Waals surface area contributed by atoms with Crippen LogP contribution in [0.3, 0.4) is 0 Å². The Balaban J connectivity index is 1.12. The molecule has 4 unspecified atom stereocenters. The average Bonchev–Trinajstić information content (AvgIpc) is 3.81. The number of fused-ring (bicyclic) bond motifs is 1. The van der Waals surface area contributed by atoms with Crippen LogP contribution < -0.4 is 26.2 Å². The van der Waals surface area contributed by atoms with Crippen molar-refractivity contribution < 1.29 is 9.53 Å². The minimum Gasteiger partial charge on any atom is -0.484 e. The highest BCUT2D eigenvalue weighted by atomic mass is 16.5. The van der Waals surface area contributed by atoms with Crippen LogP contribution in [0.5, 0.6) is 5.75 Å². The number of urea groups is 1. The normalized spacial score (nSPS) is 22.2. The fraction of sp³-hybridized carbons (Fsp3) is 0.513. The number of carbonyl (C=O) groups excluding carboxylic acids is 1. The Morgan fingerprint density at radius 3 is 2.42 bits per heavy atom. The van der Waals surface area contributed by atoms with Crippen LogP contribution in [0.1, 0.15) is 95.9 Å². The molecule has 0 radical (unpaired) electrons. The van der Waals surface area contributed by atoms with Crippen molar-refractivity contribution in [3.63, 3.8) is 0 Å². The molecule has 2 aromatic heterocycles. The first kappa shape index (κ1) is 36.9. The number of amides is 2. The zero-order chi connectivity index (χ0) is 36.8. The largest absolute Gasteiger partial charge is 0.484 e. The van der Waals surface area contributed by atoms with E-state index in [4.69, 9.17) is 21.0 Å². The maximum absolute atomic E-state index is 13.5. The topological polar surface area (TPSA) is 163 Å². The van der Waals surface area contributed by atoms with Crippen molar-refractivity contribution in [2.45, 2.75) is 103 Å². The van der Waals surface area contributed by atoms with Crippen molar-refractivity contribution in [3.05, 3.63) is 83.5 Å². The number of likely N-dealkylation sites (tertiary alicyclic amines) is 2. The van der Waals surface area contributed by atoms with Gasteiger partial charge in [0.15, 0.2) is 0 Å². The van der Waals surface area contributed by atoms with E-state index in [9.17, 15) is 4.79 Å². The molecule has 4 atom stereocenters. The van der Waals surface area contributed by atoms with Crippen LogP contribution in [0, 0.1) is 22.1 Å². The molecule has 1 aliphatic carbocycles. The van der Waals surface area contributed by atoms with Crippen LogP contribution in [0.25, 0.3) is 0 Å². The molecule has 3 aromatic rings. The Morgan fingerprint density at radius 1 is 0.962 bits per heavy atom. The molecule has 6 N–H and O–H groups in total. The van der Waals surface area contributed by atoms with E-state index in [-0.39, 0.29) is 41.7 Å². The molecule has 2 amide bonds. The van der Waals surface area contributed by atoms with Gasteiger partial charge in [-0.15, -0.1) is 0 Å². The highest BCUT2D eigenvalue weighted by Gasteiger charge is 2.31. The first-order chi connectivity index (χ1) is 25.0. The monoisotopic (exact) mass is 709 g/mol. The van der Waals surface area contributed by atoms with Crippen molar-refractivity contribution in [1.82, 2.24) is 34.8 Å².